The van der Waals surface area contributed by atoms with E-state index in [9.17, 15) is 5.26 Å². The largest absolute Gasteiger partial charge is 0.495 e. The topological polar surface area (TPSA) is 95.1 Å². The van der Waals surface area contributed by atoms with Crippen molar-refractivity contribution in [2.75, 3.05) is 48.5 Å². The van der Waals surface area contributed by atoms with Gasteiger partial charge in [0, 0.05) is 48.5 Å². The van der Waals surface area contributed by atoms with Crippen LogP contribution in [0.2, 0.25) is 5.02 Å². The van der Waals surface area contributed by atoms with Crippen molar-refractivity contribution in [1.82, 2.24) is 19.9 Å². The second-order valence-electron chi connectivity index (χ2n) is 7.97. The summed E-state index contributed by atoms with van der Waals surface area (Å²) in [6, 6.07) is 11.7. The molecule has 3 heterocycles. The van der Waals surface area contributed by atoms with Gasteiger partial charge >= 0.3 is 0 Å². The van der Waals surface area contributed by atoms with Crippen LogP contribution in [0.1, 0.15) is 11.1 Å². The molecule has 34 heavy (non-hydrogen) atoms. The number of aromatic nitrogens is 4. The monoisotopic (exact) mass is 474 g/mol. The molecule has 5 rings (SSSR count). The third-order valence-corrected chi connectivity index (χ3v) is 6.27. The minimum atomic E-state index is 0.507. The average Bonchev–Trinajstić information content (AvgIpc) is 3.42. The minimum absolute atomic E-state index is 0.507. The first kappa shape index (κ1) is 21.8. The molecule has 172 valence electrons. The lowest BCUT2D eigenvalue weighted by atomic mass is 10.1. The van der Waals surface area contributed by atoms with Gasteiger partial charge in [-0.05, 0) is 29.8 Å². The van der Waals surface area contributed by atoms with E-state index in [0.29, 0.717) is 28.7 Å². The van der Waals surface area contributed by atoms with E-state index in [1.54, 1.807) is 19.5 Å². The van der Waals surface area contributed by atoms with Crippen LogP contribution in [0.3, 0.4) is 0 Å². The highest BCUT2D eigenvalue weighted by molar-refractivity contribution is 6.32. The normalized spacial score (nSPS) is 13.7. The van der Waals surface area contributed by atoms with Gasteiger partial charge in [-0.2, -0.15) is 10.4 Å². The van der Waals surface area contributed by atoms with Crippen molar-refractivity contribution in [3.8, 4) is 11.8 Å². The molecule has 0 unspecified atom stereocenters. The summed E-state index contributed by atoms with van der Waals surface area (Å²) >= 11 is 6.26. The number of hydrogen-bond donors (Lipinski definition) is 1. The Morgan fingerprint density at radius 2 is 2.00 bits per heavy atom. The molecule has 10 heteroatoms. The highest BCUT2D eigenvalue weighted by Gasteiger charge is 2.21. The molecule has 1 aliphatic heterocycles. The van der Waals surface area contributed by atoms with Gasteiger partial charge in [-0.3, -0.25) is 4.68 Å². The van der Waals surface area contributed by atoms with E-state index in [1.807, 2.05) is 47.5 Å². The van der Waals surface area contributed by atoms with E-state index >= 15 is 0 Å². The number of rotatable bonds is 6. The van der Waals surface area contributed by atoms with E-state index in [2.05, 4.69) is 36.5 Å². The maximum absolute atomic E-state index is 9.70. The van der Waals surface area contributed by atoms with Crippen LogP contribution in [0.5, 0.6) is 5.75 Å². The summed E-state index contributed by atoms with van der Waals surface area (Å²) in [5, 5.41) is 26.2. The molecule has 0 amide bonds. The third kappa shape index (κ3) is 4.28. The number of fused-ring (bicyclic) bond motifs is 1. The summed E-state index contributed by atoms with van der Waals surface area (Å²) in [6.07, 6.45) is 7.31. The summed E-state index contributed by atoms with van der Waals surface area (Å²) in [6.45, 7) is 3.83. The maximum atomic E-state index is 9.70. The number of methoxy groups -OCH3 is 1. The molecular weight excluding hydrogens is 452 g/mol. The molecule has 2 aromatic carbocycles. The Labute approximate surface area is 202 Å². The van der Waals surface area contributed by atoms with Gasteiger partial charge in [0.25, 0.3) is 0 Å². The number of benzene rings is 2. The van der Waals surface area contributed by atoms with Crippen LogP contribution in [0.15, 0.2) is 55.2 Å². The van der Waals surface area contributed by atoms with Crippen LogP contribution in [-0.4, -0.2) is 53.1 Å². The first-order valence-electron chi connectivity index (χ1n) is 10.9. The molecule has 0 spiro atoms. The van der Waals surface area contributed by atoms with Crippen molar-refractivity contribution in [3.63, 3.8) is 0 Å². The van der Waals surface area contributed by atoms with Gasteiger partial charge in [0.1, 0.15) is 12.1 Å². The van der Waals surface area contributed by atoms with Crippen molar-refractivity contribution in [3.05, 3.63) is 71.4 Å². The quantitative estimate of drug-likeness (QED) is 0.454. The number of anilines is 2. The summed E-state index contributed by atoms with van der Waals surface area (Å²) in [5.41, 5.74) is 2.56. The lowest BCUT2D eigenvalue weighted by Crippen LogP contribution is -2.51. The van der Waals surface area contributed by atoms with Crippen LogP contribution in [0.25, 0.3) is 10.8 Å². The SMILES string of the molecule is COc1ccc(CNc2nncc3c(N4CCN(n5ccnc5)CC4)cc(C#N)cc23)cc1Cl. The highest BCUT2D eigenvalue weighted by atomic mass is 35.5. The van der Waals surface area contributed by atoms with Crippen molar-refractivity contribution in [2.45, 2.75) is 6.54 Å². The molecular formula is C24H23ClN8O. The average molecular weight is 475 g/mol. The maximum Gasteiger partial charge on any atom is 0.156 e. The van der Waals surface area contributed by atoms with Gasteiger partial charge in [-0.25, -0.2) is 4.98 Å². The van der Waals surface area contributed by atoms with Crippen molar-refractivity contribution in [2.24, 2.45) is 0 Å². The second-order valence-corrected chi connectivity index (χ2v) is 8.37. The van der Waals surface area contributed by atoms with E-state index in [4.69, 9.17) is 16.3 Å². The van der Waals surface area contributed by atoms with E-state index < -0.39 is 0 Å². The molecule has 0 saturated carbocycles. The molecule has 2 aromatic heterocycles. The highest BCUT2D eigenvalue weighted by Crippen LogP contribution is 2.32. The van der Waals surface area contributed by atoms with Gasteiger partial charge in [0.2, 0.25) is 0 Å². The first-order valence-corrected chi connectivity index (χ1v) is 11.3. The Hall–Kier alpha value is -4.03. The van der Waals surface area contributed by atoms with Gasteiger partial charge in [-0.1, -0.05) is 17.7 Å². The number of piperazine rings is 1. The van der Waals surface area contributed by atoms with Gasteiger partial charge < -0.3 is 20.0 Å². The van der Waals surface area contributed by atoms with E-state index in [0.717, 1.165) is 48.2 Å². The zero-order chi connectivity index (χ0) is 23.5. The van der Waals surface area contributed by atoms with Crippen LogP contribution >= 0.6 is 11.6 Å². The zero-order valence-corrected chi connectivity index (χ0v) is 19.4. The molecule has 1 fully saturated rings. The molecule has 0 aliphatic carbocycles. The van der Waals surface area contributed by atoms with E-state index in [-0.39, 0.29) is 0 Å². The standard InChI is InChI=1S/C24H23ClN8O/c1-34-23-3-2-17(11-21(23)25)14-28-24-19-10-18(13-26)12-22(20(19)15-29-30-24)31-6-8-32(9-7-31)33-5-4-27-16-33/h2-5,10-12,15-16H,6-9,14H2,1H3,(H,28,30). The van der Waals surface area contributed by atoms with Crippen molar-refractivity contribution < 1.29 is 4.74 Å². The predicted octanol–water partition coefficient (Wildman–Crippen LogP) is 3.43. The molecule has 0 bridgehead atoms. The fourth-order valence-electron chi connectivity index (χ4n) is 4.22. The molecule has 4 aromatic rings. The van der Waals surface area contributed by atoms with Gasteiger partial charge in [0.05, 0.1) is 43.1 Å². The zero-order valence-electron chi connectivity index (χ0n) is 18.6. The molecule has 9 nitrogen and oxygen atoms in total. The molecule has 1 N–H and O–H groups in total. The first-order chi connectivity index (χ1) is 16.7. The Morgan fingerprint density at radius 1 is 1.15 bits per heavy atom. The second kappa shape index (κ2) is 9.45. The van der Waals surface area contributed by atoms with Gasteiger partial charge in [0.15, 0.2) is 5.82 Å². The number of hydrogen-bond acceptors (Lipinski definition) is 8. The Balaban J connectivity index is 1.41. The number of halogens is 1. The van der Waals surface area contributed by atoms with Crippen molar-refractivity contribution in [1.29, 1.82) is 5.26 Å². The van der Waals surface area contributed by atoms with Crippen LogP contribution < -0.4 is 20.0 Å². The predicted molar refractivity (Wildman–Crippen MR) is 132 cm³/mol. The Bertz CT molecular complexity index is 1340. The lowest BCUT2D eigenvalue weighted by Gasteiger charge is -2.37. The number of nitrogens with one attached hydrogen (secondary N) is 1. The summed E-state index contributed by atoms with van der Waals surface area (Å²) < 4.78 is 7.24. The van der Waals surface area contributed by atoms with Crippen LogP contribution in [-0.2, 0) is 6.54 Å². The molecule has 1 aliphatic rings. The summed E-state index contributed by atoms with van der Waals surface area (Å²) in [7, 11) is 1.59. The Morgan fingerprint density at radius 3 is 2.71 bits per heavy atom. The summed E-state index contributed by atoms with van der Waals surface area (Å²) in [5.74, 6) is 1.26. The molecule has 0 atom stereocenters. The molecule has 0 radical (unpaired) electrons. The molecule has 1 saturated heterocycles. The fourth-order valence-corrected chi connectivity index (χ4v) is 4.50. The number of nitrogens with zero attached hydrogens (tertiary/aromatic N) is 7. The third-order valence-electron chi connectivity index (χ3n) is 5.98. The Kier molecular flexibility index (Phi) is 6.06. The number of nitriles is 1. The number of ether oxygens (including phenoxy) is 1. The lowest BCUT2D eigenvalue weighted by molar-refractivity contribution is 0.415. The van der Waals surface area contributed by atoms with Crippen LogP contribution in [0, 0.1) is 11.3 Å². The smallest absolute Gasteiger partial charge is 0.156 e. The van der Waals surface area contributed by atoms with Crippen molar-refractivity contribution >= 4 is 33.9 Å². The van der Waals surface area contributed by atoms with E-state index in [1.165, 1.54) is 0 Å². The summed E-state index contributed by atoms with van der Waals surface area (Å²) in [4.78, 5) is 6.43. The number of imidazole rings is 1. The van der Waals surface area contributed by atoms with Gasteiger partial charge in [-0.15, -0.1) is 5.10 Å². The van der Waals surface area contributed by atoms with Crippen LogP contribution in [0.4, 0.5) is 11.5 Å². The fraction of sp³-hybridized carbons (Fsp3) is 0.250. The minimum Gasteiger partial charge on any atom is -0.495 e.